The van der Waals surface area contributed by atoms with Gasteiger partial charge in [-0.15, -0.1) is 0 Å². The van der Waals surface area contributed by atoms with E-state index in [9.17, 15) is 4.79 Å². The summed E-state index contributed by atoms with van der Waals surface area (Å²) in [6.45, 7) is 12.5. The number of ether oxygens (including phenoxy) is 2. The summed E-state index contributed by atoms with van der Waals surface area (Å²) in [5.41, 5.74) is 3.77. The molecule has 4 rings (SSSR count). The number of fused-ring (bicyclic) bond motifs is 1. The minimum Gasteiger partial charge on any atom is -0.494 e. The van der Waals surface area contributed by atoms with Crippen LogP contribution in [-0.4, -0.2) is 52.3 Å². The highest BCUT2D eigenvalue weighted by Crippen LogP contribution is 2.36. The summed E-state index contributed by atoms with van der Waals surface area (Å²) in [6, 6.07) is 9.19. The van der Waals surface area contributed by atoms with Crippen LogP contribution in [0.3, 0.4) is 0 Å². The van der Waals surface area contributed by atoms with E-state index < -0.39 is 0 Å². The average Bonchev–Trinajstić information content (AvgIpc) is 3.40. The van der Waals surface area contributed by atoms with Crippen molar-refractivity contribution in [3.63, 3.8) is 0 Å². The lowest BCUT2D eigenvalue weighted by Gasteiger charge is -2.31. The van der Waals surface area contributed by atoms with Gasteiger partial charge in [-0.05, 0) is 70.0 Å². The highest BCUT2D eigenvalue weighted by atomic mass is 35.5. The minimum atomic E-state index is -0.152. The molecule has 1 aliphatic heterocycles. The number of hydrogen-bond acceptors (Lipinski definition) is 5. The summed E-state index contributed by atoms with van der Waals surface area (Å²) in [4.78, 5) is 17.9. The van der Waals surface area contributed by atoms with Crippen LogP contribution in [0.25, 0.3) is 5.57 Å². The molecule has 0 saturated heterocycles. The third-order valence-electron chi connectivity index (χ3n) is 5.82. The van der Waals surface area contributed by atoms with Crippen LogP contribution in [0.5, 0.6) is 11.5 Å². The molecule has 0 radical (unpaired) electrons. The Hall–Kier alpha value is -2.87. The summed E-state index contributed by atoms with van der Waals surface area (Å²) in [5.74, 6) is 1.31. The molecule has 1 N–H and O–H groups in total. The zero-order chi connectivity index (χ0) is 28.6. The molecule has 0 fully saturated rings. The number of amides is 1. The number of imidazole rings is 1. The lowest BCUT2D eigenvalue weighted by Crippen LogP contribution is -2.37. The second-order valence-corrected chi connectivity index (χ2v) is 10.9. The first-order valence-electron chi connectivity index (χ1n) is 12.8. The molecule has 10 heteroatoms. The highest BCUT2D eigenvalue weighted by molar-refractivity contribution is 6.40. The number of nitrogens with zero attached hydrogens (tertiary/aromatic N) is 3. The Morgan fingerprint density at radius 2 is 1.79 bits per heavy atom. The topological polar surface area (TPSA) is 68.6 Å². The summed E-state index contributed by atoms with van der Waals surface area (Å²) in [7, 11) is 0. The van der Waals surface area contributed by atoms with Crippen LogP contribution in [0.2, 0.25) is 15.1 Å². The van der Waals surface area contributed by atoms with E-state index in [1.54, 1.807) is 29.4 Å². The summed E-state index contributed by atoms with van der Waals surface area (Å²) >= 11 is 18.0. The van der Waals surface area contributed by atoms with Crippen molar-refractivity contribution < 1.29 is 14.3 Å². The molecule has 0 saturated carbocycles. The summed E-state index contributed by atoms with van der Waals surface area (Å²) < 4.78 is 12.6. The zero-order valence-corrected chi connectivity index (χ0v) is 25.2. The van der Waals surface area contributed by atoms with Crippen molar-refractivity contribution in [1.82, 2.24) is 14.5 Å². The molecule has 0 spiro atoms. The van der Waals surface area contributed by atoms with E-state index in [1.165, 1.54) is 27.7 Å². The lowest BCUT2D eigenvalue weighted by molar-refractivity contribution is 0.184. The predicted molar refractivity (Wildman–Crippen MR) is 161 cm³/mol. The molecule has 2 aromatic carbocycles. The van der Waals surface area contributed by atoms with Gasteiger partial charge in [-0.1, -0.05) is 47.8 Å². The van der Waals surface area contributed by atoms with Gasteiger partial charge >= 0.3 is 6.03 Å². The van der Waals surface area contributed by atoms with Crippen molar-refractivity contribution in [2.45, 2.75) is 46.6 Å². The van der Waals surface area contributed by atoms with Gasteiger partial charge in [0.25, 0.3) is 0 Å². The number of aromatic nitrogens is 2. The Labute approximate surface area is 245 Å². The average molecular weight is 594 g/mol. The highest BCUT2D eigenvalue weighted by Gasteiger charge is 2.22. The van der Waals surface area contributed by atoms with Crippen LogP contribution in [-0.2, 0) is 0 Å². The SMILES string of the molecule is CCCN(CCOc1c(Cl)cc(Cl)cc1Cl)C(=O)n1ccnc1.CCOc1ccc2c(c1)C(C)=CC(C)(C)N2. The normalized spacial score (nSPS) is 13.3. The lowest BCUT2D eigenvalue weighted by atomic mass is 9.91. The standard InChI is InChI=1S/C15H16Cl3N3O2.C14H19NO/c1-2-4-20(15(22)21-5-3-19-10-21)6-7-23-14-12(17)8-11(16)9-13(14)18;1-5-16-11-6-7-13-12(8-11)10(2)9-14(3,4)15-13/h3,5,8-10H,2,4,6-7H2,1H3;6-9,15H,5H2,1-4H3. The maximum Gasteiger partial charge on any atom is 0.329 e. The van der Waals surface area contributed by atoms with Gasteiger partial charge in [0.15, 0.2) is 5.75 Å². The van der Waals surface area contributed by atoms with Crippen LogP contribution in [0.4, 0.5) is 10.5 Å². The molecule has 7 nitrogen and oxygen atoms in total. The van der Waals surface area contributed by atoms with Gasteiger partial charge in [0.05, 0.1) is 28.7 Å². The van der Waals surface area contributed by atoms with E-state index in [1.807, 2.05) is 19.9 Å². The number of carbonyl (C=O) groups excluding carboxylic acids is 1. The van der Waals surface area contributed by atoms with Gasteiger partial charge in [0.2, 0.25) is 0 Å². The monoisotopic (exact) mass is 592 g/mol. The second kappa shape index (κ2) is 14.0. The molecule has 0 bridgehead atoms. The largest absolute Gasteiger partial charge is 0.494 e. The fraction of sp³-hybridized carbons (Fsp3) is 0.379. The molecule has 0 unspecified atom stereocenters. The van der Waals surface area contributed by atoms with Crippen molar-refractivity contribution >= 4 is 52.1 Å². The number of hydrogen-bond donors (Lipinski definition) is 1. The Kier molecular flexibility index (Phi) is 11.0. The Morgan fingerprint density at radius 1 is 1.08 bits per heavy atom. The van der Waals surface area contributed by atoms with Crippen LogP contribution in [0.1, 0.15) is 46.6 Å². The molecule has 2 heterocycles. The molecule has 1 amide bonds. The Morgan fingerprint density at radius 3 is 2.41 bits per heavy atom. The predicted octanol–water partition coefficient (Wildman–Crippen LogP) is 8.30. The molecule has 0 aliphatic carbocycles. The zero-order valence-electron chi connectivity index (χ0n) is 22.9. The number of allylic oxidation sites excluding steroid dienone is 1. The molecule has 3 aromatic rings. The van der Waals surface area contributed by atoms with Gasteiger partial charge in [-0.3, -0.25) is 4.57 Å². The van der Waals surface area contributed by atoms with E-state index in [0.29, 0.717) is 40.5 Å². The molecule has 1 aromatic heterocycles. The quantitative estimate of drug-likeness (QED) is 0.285. The molecular weight excluding hydrogens is 559 g/mol. The van der Waals surface area contributed by atoms with Crippen LogP contribution in [0, 0.1) is 0 Å². The molecule has 210 valence electrons. The van der Waals surface area contributed by atoms with Crippen LogP contribution >= 0.6 is 34.8 Å². The Bertz CT molecular complexity index is 1270. The van der Waals surface area contributed by atoms with Crippen molar-refractivity contribution in [1.29, 1.82) is 0 Å². The minimum absolute atomic E-state index is 0.0320. The van der Waals surface area contributed by atoms with E-state index in [0.717, 1.165) is 12.2 Å². The van der Waals surface area contributed by atoms with Crippen molar-refractivity contribution in [3.8, 4) is 11.5 Å². The van der Waals surface area contributed by atoms with Gasteiger partial charge in [-0.25, -0.2) is 9.78 Å². The number of nitrogens with one attached hydrogen (secondary N) is 1. The number of rotatable bonds is 8. The van der Waals surface area contributed by atoms with Gasteiger partial charge in [-0.2, -0.15) is 0 Å². The molecular formula is C29H35Cl3N4O3. The third kappa shape index (κ3) is 8.56. The van der Waals surface area contributed by atoms with Crippen LogP contribution < -0.4 is 14.8 Å². The van der Waals surface area contributed by atoms with Gasteiger partial charge < -0.3 is 19.7 Å². The van der Waals surface area contributed by atoms with Crippen LogP contribution in [0.15, 0.2) is 55.1 Å². The smallest absolute Gasteiger partial charge is 0.329 e. The number of carbonyl (C=O) groups is 1. The van der Waals surface area contributed by atoms with E-state index >= 15 is 0 Å². The van der Waals surface area contributed by atoms with Crippen molar-refractivity contribution in [2.24, 2.45) is 0 Å². The summed E-state index contributed by atoms with van der Waals surface area (Å²) in [6.07, 6.45) is 7.73. The third-order valence-corrected chi connectivity index (χ3v) is 6.60. The number of anilines is 1. The maximum absolute atomic E-state index is 12.3. The van der Waals surface area contributed by atoms with Crippen molar-refractivity contribution in [2.75, 3.05) is 31.6 Å². The Balaban J connectivity index is 0.000000230. The van der Waals surface area contributed by atoms with E-state index in [2.05, 4.69) is 49.3 Å². The van der Waals surface area contributed by atoms with Gasteiger partial charge in [0, 0.05) is 35.2 Å². The molecule has 0 atom stereocenters. The fourth-order valence-electron chi connectivity index (χ4n) is 4.25. The first kappa shape index (κ1) is 30.7. The first-order chi connectivity index (χ1) is 18.5. The van der Waals surface area contributed by atoms with E-state index in [4.69, 9.17) is 44.3 Å². The van der Waals surface area contributed by atoms with Gasteiger partial charge in [0.1, 0.15) is 18.7 Å². The molecule has 1 aliphatic rings. The van der Waals surface area contributed by atoms with E-state index in [-0.39, 0.29) is 18.2 Å². The molecule has 39 heavy (non-hydrogen) atoms. The number of halogens is 3. The van der Waals surface area contributed by atoms with Crippen molar-refractivity contribution in [3.05, 3.63) is 75.8 Å². The first-order valence-corrected chi connectivity index (χ1v) is 14.0. The number of benzene rings is 2. The summed E-state index contributed by atoms with van der Waals surface area (Å²) in [5, 5.41) is 4.62. The maximum atomic E-state index is 12.3. The second-order valence-electron chi connectivity index (χ2n) is 9.60. The fourth-order valence-corrected chi connectivity index (χ4v) is 5.18.